The number of para-hydroxylation sites is 1. The van der Waals surface area contributed by atoms with E-state index in [1.54, 1.807) is 60.9 Å². The molecule has 6 nitrogen and oxygen atoms in total. The van der Waals surface area contributed by atoms with E-state index in [1.165, 1.54) is 0 Å². The van der Waals surface area contributed by atoms with Crippen LogP contribution in [0.4, 0.5) is 11.4 Å². The van der Waals surface area contributed by atoms with Gasteiger partial charge in [-0.1, -0.05) is 30.4 Å². The molecule has 114 valence electrons. The molecule has 0 aliphatic carbocycles. The van der Waals surface area contributed by atoms with Crippen molar-refractivity contribution in [1.29, 1.82) is 0 Å². The number of hydrogen-bond donors (Lipinski definition) is 1. The highest BCUT2D eigenvalue weighted by Gasteiger charge is 2.20. The maximum Gasteiger partial charge on any atom is 0.318 e. The molecular weight excluding hydrogens is 294 g/mol. The fourth-order valence-electron chi connectivity index (χ4n) is 2.24. The van der Waals surface area contributed by atoms with Gasteiger partial charge in [0.2, 0.25) is 0 Å². The molecule has 0 unspecified atom stereocenters. The summed E-state index contributed by atoms with van der Waals surface area (Å²) in [7, 11) is 0. The number of anilines is 1. The number of nitrogens with zero attached hydrogens (tertiary/aromatic N) is 2. The number of hydrogen-bond acceptors (Lipinski definition) is 5. The minimum atomic E-state index is -0.509. The summed E-state index contributed by atoms with van der Waals surface area (Å²) in [5, 5.41) is 11.9. The number of fused-ring (bicyclic) bond motifs is 1. The normalized spacial score (nSPS) is 11.7. The van der Waals surface area contributed by atoms with E-state index in [4.69, 9.17) is 10.2 Å². The number of nitrogen functional groups attached to an aromatic ring is 1. The minimum absolute atomic E-state index is 0.121. The zero-order chi connectivity index (χ0) is 16.2. The predicted octanol–water partition coefficient (Wildman–Crippen LogP) is 4.04. The topological polar surface area (TPSA) is 95.2 Å². The van der Waals surface area contributed by atoms with Gasteiger partial charge < -0.3 is 10.2 Å². The Morgan fingerprint density at radius 2 is 1.91 bits per heavy atom. The lowest BCUT2D eigenvalue weighted by atomic mass is 10.1. The standard InChI is InChI=1S/C17H13N3O3/c18-16-13-8-2-4-9-14(13)19-15(17(16)20(21)22)10-3-1-6-12-7-5-11-23-12/h1-11H,(H2,18,19). The summed E-state index contributed by atoms with van der Waals surface area (Å²) in [5.41, 5.74) is 6.72. The fourth-order valence-corrected chi connectivity index (χ4v) is 2.24. The van der Waals surface area contributed by atoms with Gasteiger partial charge in [0.1, 0.15) is 17.1 Å². The van der Waals surface area contributed by atoms with Crippen molar-refractivity contribution in [2.24, 2.45) is 0 Å². The molecule has 2 heterocycles. The van der Waals surface area contributed by atoms with Crippen LogP contribution in [0.2, 0.25) is 0 Å². The van der Waals surface area contributed by atoms with Gasteiger partial charge in [-0.05, 0) is 30.4 Å². The molecule has 0 aliphatic heterocycles. The molecule has 0 aliphatic rings. The molecule has 6 heteroatoms. The van der Waals surface area contributed by atoms with Crippen molar-refractivity contribution in [3.8, 4) is 0 Å². The monoisotopic (exact) mass is 307 g/mol. The largest absolute Gasteiger partial charge is 0.465 e. The van der Waals surface area contributed by atoms with E-state index < -0.39 is 4.92 Å². The summed E-state index contributed by atoms with van der Waals surface area (Å²) in [6.07, 6.45) is 8.24. The van der Waals surface area contributed by atoms with Crippen molar-refractivity contribution in [2.45, 2.75) is 0 Å². The first-order chi connectivity index (χ1) is 11.2. The third-order valence-electron chi connectivity index (χ3n) is 3.28. The SMILES string of the molecule is Nc1c([N+](=O)[O-])c(C=CC=Cc2ccco2)nc2ccccc12. The van der Waals surface area contributed by atoms with Gasteiger partial charge in [-0.2, -0.15) is 0 Å². The van der Waals surface area contributed by atoms with Crippen molar-refractivity contribution in [3.05, 3.63) is 76.4 Å². The van der Waals surface area contributed by atoms with E-state index in [0.717, 1.165) is 0 Å². The number of allylic oxidation sites excluding steroid dienone is 2. The van der Waals surface area contributed by atoms with Gasteiger partial charge in [0.05, 0.1) is 16.7 Å². The molecule has 0 radical (unpaired) electrons. The van der Waals surface area contributed by atoms with Crippen LogP contribution >= 0.6 is 0 Å². The van der Waals surface area contributed by atoms with Crippen LogP contribution in [0.25, 0.3) is 23.1 Å². The van der Waals surface area contributed by atoms with Gasteiger partial charge in [0, 0.05) is 5.39 Å². The van der Waals surface area contributed by atoms with Crippen LogP contribution < -0.4 is 5.73 Å². The molecule has 0 spiro atoms. The number of pyridine rings is 1. The molecular formula is C17H13N3O3. The number of furan rings is 1. The molecule has 1 aromatic carbocycles. The van der Waals surface area contributed by atoms with Crippen LogP contribution in [0.15, 0.2) is 59.2 Å². The second kappa shape index (κ2) is 6.15. The van der Waals surface area contributed by atoms with E-state index in [0.29, 0.717) is 16.7 Å². The Balaban J connectivity index is 2.02. The molecule has 2 aromatic heterocycles. The van der Waals surface area contributed by atoms with E-state index in [1.807, 2.05) is 6.07 Å². The number of benzene rings is 1. The molecule has 0 saturated heterocycles. The highest BCUT2D eigenvalue weighted by molar-refractivity contribution is 5.96. The Hall–Kier alpha value is -3.41. The average molecular weight is 307 g/mol. The first kappa shape index (κ1) is 14.5. The van der Waals surface area contributed by atoms with Crippen molar-refractivity contribution in [1.82, 2.24) is 4.98 Å². The minimum Gasteiger partial charge on any atom is -0.465 e. The van der Waals surface area contributed by atoms with Gasteiger partial charge in [0.25, 0.3) is 0 Å². The molecule has 0 fully saturated rings. The van der Waals surface area contributed by atoms with Crippen molar-refractivity contribution < 1.29 is 9.34 Å². The van der Waals surface area contributed by atoms with Crippen molar-refractivity contribution >= 4 is 34.4 Å². The quantitative estimate of drug-likeness (QED) is 0.446. The lowest BCUT2D eigenvalue weighted by molar-refractivity contribution is -0.384. The van der Waals surface area contributed by atoms with Gasteiger partial charge in [0.15, 0.2) is 0 Å². The Labute approximate surface area is 131 Å². The summed E-state index contributed by atoms with van der Waals surface area (Å²) < 4.78 is 5.16. The number of rotatable bonds is 4. The van der Waals surface area contributed by atoms with Crippen LogP contribution in [0.5, 0.6) is 0 Å². The third-order valence-corrected chi connectivity index (χ3v) is 3.28. The van der Waals surface area contributed by atoms with Crippen molar-refractivity contribution in [2.75, 3.05) is 5.73 Å². The number of aromatic nitrogens is 1. The lowest BCUT2D eigenvalue weighted by Crippen LogP contribution is -2.01. The zero-order valence-electron chi connectivity index (χ0n) is 12.0. The van der Waals surface area contributed by atoms with E-state index in [2.05, 4.69) is 4.98 Å². The maximum absolute atomic E-state index is 11.3. The molecule has 3 rings (SSSR count). The summed E-state index contributed by atoms with van der Waals surface area (Å²) in [6, 6.07) is 10.6. The van der Waals surface area contributed by atoms with Gasteiger partial charge in [-0.15, -0.1) is 0 Å². The van der Waals surface area contributed by atoms with E-state index >= 15 is 0 Å². The molecule has 2 N–H and O–H groups in total. The average Bonchev–Trinajstić information content (AvgIpc) is 3.04. The summed E-state index contributed by atoms with van der Waals surface area (Å²) in [5.74, 6) is 0.690. The van der Waals surface area contributed by atoms with Crippen LogP contribution in [0.1, 0.15) is 11.5 Å². The number of nitro groups is 1. The molecule has 0 amide bonds. The van der Waals surface area contributed by atoms with Gasteiger partial charge in [-0.25, -0.2) is 4.98 Å². The molecule has 23 heavy (non-hydrogen) atoms. The second-order valence-electron chi connectivity index (χ2n) is 4.77. The maximum atomic E-state index is 11.3. The Bertz CT molecular complexity index is 912. The summed E-state index contributed by atoms with van der Waals surface area (Å²) in [6.45, 7) is 0. The van der Waals surface area contributed by atoms with Crippen LogP contribution in [-0.4, -0.2) is 9.91 Å². The molecule has 0 saturated carbocycles. The predicted molar refractivity (Wildman–Crippen MR) is 89.6 cm³/mol. The Morgan fingerprint density at radius 3 is 2.65 bits per heavy atom. The van der Waals surface area contributed by atoms with Crippen molar-refractivity contribution in [3.63, 3.8) is 0 Å². The summed E-state index contributed by atoms with van der Waals surface area (Å²) >= 11 is 0. The first-order valence-electron chi connectivity index (χ1n) is 6.87. The lowest BCUT2D eigenvalue weighted by Gasteiger charge is -2.05. The van der Waals surface area contributed by atoms with E-state index in [9.17, 15) is 10.1 Å². The second-order valence-corrected chi connectivity index (χ2v) is 4.77. The molecule has 3 aromatic rings. The van der Waals surface area contributed by atoms with E-state index in [-0.39, 0.29) is 17.1 Å². The van der Waals surface area contributed by atoms with Crippen LogP contribution in [-0.2, 0) is 0 Å². The third kappa shape index (κ3) is 2.96. The zero-order valence-corrected chi connectivity index (χ0v) is 12.0. The fraction of sp³-hybridized carbons (Fsp3) is 0. The van der Waals surface area contributed by atoms with Crippen LogP contribution in [0, 0.1) is 10.1 Å². The highest BCUT2D eigenvalue weighted by atomic mass is 16.6. The highest BCUT2D eigenvalue weighted by Crippen LogP contribution is 2.32. The summed E-state index contributed by atoms with van der Waals surface area (Å²) in [4.78, 5) is 15.1. The van der Waals surface area contributed by atoms with Crippen LogP contribution in [0.3, 0.4) is 0 Å². The first-order valence-corrected chi connectivity index (χ1v) is 6.87. The smallest absolute Gasteiger partial charge is 0.318 e. The molecule has 0 bridgehead atoms. The van der Waals surface area contributed by atoms with Gasteiger partial charge >= 0.3 is 5.69 Å². The Morgan fingerprint density at radius 1 is 1.13 bits per heavy atom. The Kier molecular flexibility index (Phi) is 3.88. The number of nitrogens with two attached hydrogens (primary N) is 1. The molecule has 0 atom stereocenters. The van der Waals surface area contributed by atoms with Gasteiger partial charge in [-0.3, -0.25) is 10.1 Å².